The Morgan fingerprint density at radius 1 is 0.341 bits per heavy atom. The first-order valence-electron chi connectivity index (χ1n) is 10.4. The van der Waals surface area contributed by atoms with Gasteiger partial charge in [0, 0.05) is 0 Å². The summed E-state index contributed by atoms with van der Waals surface area (Å²) in [4.78, 5) is 62.3. The minimum absolute atomic E-state index is 0.968. The van der Waals surface area contributed by atoms with Gasteiger partial charge in [-0.25, -0.2) is 22.8 Å². The van der Waals surface area contributed by atoms with Crippen LogP contribution >= 0.6 is 39.1 Å². The maximum atomic E-state index is 11.8. The predicted molar refractivity (Wildman–Crippen MR) is 125 cm³/mol. The quantitative estimate of drug-likeness (QED) is 0.0445. The molecule has 0 bridgehead atoms. The minimum atomic E-state index is -5.00. The van der Waals surface area contributed by atoms with Crippen LogP contribution in [-0.4, -0.2) is 132 Å². The fourth-order valence-corrected chi connectivity index (χ4v) is 4.87. The molecule has 0 saturated carbocycles. The Morgan fingerprint density at radius 2 is 0.488 bits per heavy atom. The van der Waals surface area contributed by atoms with E-state index in [2.05, 4.69) is 36.2 Å². The molecular weight excluding hydrogens is 683 g/mol. The largest absolute Gasteiger partial charge is 0.472 e. The van der Waals surface area contributed by atoms with Crippen molar-refractivity contribution in [2.45, 2.75) is 24.4 Å². The molecule has 0 aromatic carbocycles. The van der Waals surface area contributed by atoms with Crippen molar-refractivity contribution in [2.75, 3.05) is 52.9 Å². The van der Waals surface area contributed by atoms with Crippen molar-refractivity contribution >= 4 is 39.1 Å². The Labute approximate surface area is 230 Å². The number of phosphoric ester groups is 5. The third kappa shape index (κ3) is 25.4. The molecule has 0 aliphatic heterocycles. The van der Waals surface area contributed by atoms with Gasteiger partial charge in [-0.1, -0.05) is 0 Å². The lowest BCUT2D eigenvalue weighted by Crippen LogP contribution is -2.24. The maximum Gasteiger partial charge on any atom is 0.472 e. The van der Waals surface area contributed by atoms with Crippen LogP contribution in [0.1, 0.15) is 0 Å². The van der Waals surface area contributed by atoms with Gasteiger partial charge in [0.1, 0.15) is 24.4 Å². The number of hydrogen-bond donors (Lipinski definition) is 11. The molecule has 0 aliphatic carbocycles. The predicted octanol–water partition coefficient (Wildman–Crippen LogP) is -2.95. The van der Waals surface area contributed by atoms with Crippen LogP contribution in [0.15, 0.2) is 0 Å². The van der Waals surface area contributed by atoms with Crippen LogP contribution < -0.4 is 0 Å². The molecule has 0 aliphatic rings. The van der Waals surface area contributed by atoms with Crippen LogP contribution in [0, 0.1) is 0 Å². The maximum absolute atomic E-state index is 11.8. The van der Waals surface area contributed by atoms with Gasteiger partial charge in [-0.15, -0.1) is 0 Å². The molecule has 24 nitrogen and oxygen atoms in total. The lowest BCUT2D eigenvalue weighted by Gasteiger charge is -2.19. The number of aliphatic hydroxyl groups excluding tert-OH is 4. The van der Waals surface area contributed by atoms with E-state index in [4.69, 9.17) is 19.6 Å². The molecule has 0 aromatic rings. The summed E-state index contributed by atoms with van der Waals surface area (Å²) in [6.45, 7) is -8.08. The summed E-state index contributed by atoms with van der Waals surface area (Å²) in [5, 5.41) is 38.0. The zero-order valence-corrected chi connectivity index (χ0v) is 24.9. The summed E-state index contributed by atoms with van der Waals surface area (Å²) in [6.07, 6.45) is -7.21. The summed E-state index contributed by atoms with van der Waals surface area (Å²) in [5.74, 6) is 0. The molecule has 0 radical (unpaired) electrons. The van der Waals surface area contributed by atoms with E-state index in [0.717, 1.165) is 0 Å². The van der Waals surface area contributed by atoms with Crippen LogP contribution in [0.4, 0.5) is 0 Å². The highest BCUT2D eigenvalue weighted by atomic mass is 31.2. The van der Waals surface area contributed by atoms with Gasteiger partial charge in [-0.2, -0.15) is 0 Å². The smallest absolute Gasteiger partial charge is 0.388 e. The van der Waals surface area contributed by atoms with Crippen molar-refractivity contribution in [2.24, 2.45) is 0 Å². The molecule has 0 fully saturated rings. The molecular formula is C12H31O24P5. The second-order valence-electron chi connectivity index (χ2n) is 7.37. The molecule has 0 aromatic heterocycles. The van der Waals surface area contributed by atoms with Gasteiger partial charge in [-0.3, -0.25) is 36.2 Å². The second kappa shape index (κ2) is 18.4. The SMILES string of the molecule is O=P(O)(O)OC[C@@H](O)COP(=O)(O)OC[C@@H](O)COP(=O)(O)OC[C@@H](O)COP(=O)(O)OC[C@@H](O)COP(=O)(O)O. The molecule has 0 rings (SSSR count). The van der Waals surface area contributed by atoms with Crippen molar-refractivity contribution in [1.82, 2.24) is 0 Å². The number of rotatable bonds is 24. The van der Waals surface area contributed by atoms with E-state index in [1.807, 2.05) is 0 Å². The summed E-state index contributed by atoms with van der Waals surface area (Å²) >= 11 is 0. The zero-order chi connectivity index (χ0) is 32.1. The number of phosphoric acid groups is 5. The second-order valence-corrected chi connectivity index (χ2v) is 14.2. The van der Waals surface area contributed by atoms with Gasteiger partial charge in [0.15, 0.2) is 0 Å². The standard InChI is InChI=1S/C12H31O24P5/c13-9(1-29-37(17,18)19)3-31-39(23,24)33-5-11(15)7-35-41(27,28)36-8-12(16)6-34-40(25,26)32-4-10(14)2-30-38(20,21)22/h9-16H,1-8H2,(H,23,24)(H,25,26)(H,27,28)(H2,17,18,19)(H2,20,21,22)/t9-,10+,11-,12+. The Balaban J connectivity index is 4.33. The summed E-state index contributed by atoms with van der Waals surface area (Å²) < 4.78 is 90.0. The van der Waals surface area contributed by atoms with Crippen LogP contribution in [0.3, 0.4) is 0 Å². The lowest BCUT2D eigenvalue weighted by molar-refractivity contribution is 0.00316. The van der Waals surface area contributed by atoms with Crippen LogP contribution in [0.2, 0.25) is 0 Å². The highest BCUT2D eigenvalue weighted by Crippen LogP contribution is 2.46. The minimum Gasteiger partial charge on any atom is -0.388 e. The molecule has 7 atom stereocenters. The molecule has 0 saturated heterocycles. The monoisotopic (exact) mass is 714 g/mol. The molecule has 248 valence electrons. The summed E-state index contributed by atoms with van der Waals surface area (Å²) in [7, 11) is -24.7. The van der Waals surface area contributed by atoms with Gasteiger partial charge < -0.3 is 54.7 Å². The summed E-state index contributed by atoms with van der Waals surface area (Å²) in [6, 6.07) is 0. The van der Waals surface area contributed by atoms with Gasteiger partial charge in [0.25, 0.3) is 0 Å². The van der Waals surface area contributed by atoms with Crippen LogP contribution in [-0.2, 0) is 59.0 Å². The summed E-state index contributed by atoms with van der Waals surface area (Å²) in [5.41, 5.74) is 0. The van der Waals surface area contributed by atoms with E-state index < -0.39 is 116 Å². The Kier molecular flexibility index (Phi) is 18.6. The Bertz CT molecular complexity index is 920. The van der Waals surface area contributed by atoms with Crippen LogP contribution in [0.25, 0.3) is 0 Å². The fraction of sp³-hybridized carbons (Fsp3) is 1.00. The molecule has 41 heavy (non-hydrogen) atoms. The van der Waals surface area contributed by atoms with E-state index in [0.29, 0.717) is 0 Å². The van der Waals surface area contributed by atoms with E-state index in [1.165, 1.54) is 0 Å². The average Bonchev–Trinajstić information content (AvgIpc) is 2.83. The van der Waals surface area contributed by atoms with Gasteiger partial charge in [-0.05, 0) is 0 Å². The Hall–Kier alpha value is 0.390. The van der Waals surface area contributed by atoms with Gasteiger partial charge in [0.2, 0.25) is 0 Å². The first-order valence-corrected chi connectivity index (χ1v) is 17.9. The van der Waals surface area contributed by atoms with Gasteiger partial charge >= 0.3 is 39.1 Å². The van der Waals surface area contributed by atoms with Crippen molar-refractivity contribution in [3.63, 3.8) is 0 Å². The highest BCUT2D eigenvalue weighted by Gasteiger charge is 2.30. The van der Waals surface area contributed by atoms with Crippen LogP contribution in [0.5, 0.6) is 0 Å². The first-order chi connectivity index (χ1) is 18.4. The normalized spacial score (nSPS) is 20.4. The average molecular weight is 714 g/mol. The highest BCUT2D eigenvalue weighted by molar-refractivity contribution is 7.48. The topological polar surface area (TPSA) is 382 Å². The molecule has 0 amide bonds. The van der Waals surface area contributed by atoms with Crippen molar-refractivity contribution in [3.05, 3.63) is 0 Å². The van der Waals surface area contributed by atoms with Crippen molar-refractivity contribution in [1.29, 1.82) is 0 Å². The van der Waals surface area contributed by atoms with Gasteiger partial charge in [0.05, 0.1) is 52.9 Å². The third-order valence-corrected chi connectivity index (χ3v) is 7.27. The van der Waals surface area contributed by atoms with E-state index in [1.54, 1.807) is 0 Å². The molecule has 29 heteroatoms. The molecule has 11 N–H and O–H groups in total. The number of aliphatic hydroxyl groups is 4. The lowest BCUT2D eigenvalue weighted by atomic mass is 10.4. The Morgan fingerprint density at radius 3 is 0.634 bits per heavy atom. The van der Waals surface area contributed by atoms with E-state index in [-0.39, 0.29) is 0 Å². The molecule has 3 unspecified atom stereocenters. The number of hydrogen-bond acceptors (Lipinski definition) is 17. The van der Waals surface area contributed by atoms with E-state index in [9.17, 15) is 57.9 Å². The zero-order valence-electron chi connectivity index (χ0n) is 20.4. The molecule has 0 spiro atoms. The third-order valence-electron chi connectivity index (χ3n) is 3.45. The first kappa shape index (κ1) is 41.4. The van der Waals surface area contributed by atoms with E-state index >= 15 is 0 Å². The van der Waals surface area contributed by atoms with Crippen molar-refractivity contribution in [3.8, 4) is 0 Å². The van der Waals surface area contributed by atoms with Crippen molar-refractivity contribution < 1.29 is 114 Å². The molecule has 0 heterocycles. The fourth-order valence-electron chi connectivity index (χ4n) is 1.75.